The van der Waals surface area contributed by atoms with Crippen LogP contribution in [0, 0.1) is 5.92 Å². The molecule has 1 saturated heterocycles. The Morgan fingerprint density at radius 3 is 2.29 bits per heavy atom. The number of primary amides is 1. The van der Waals surface area contributed by atoms with E-state index in [1.165, 1.54) is 11.8 Å². The standard InChI is InChI=1S/C10H17N3O4/c1-6(8(11)14)12-10(17)13-4-2-7(3-5-13)9(15)16/h6-7H,2-5H2,1H3,(H2,11,14)(H,12,17)(H,15,16). The fourth-order valence-corrected chi connectivity index (χ4v) is 1.68. The number of carbonyl (C=O) groups excluding carboxylic acids is 2. The summed E-state index contributed by atoms with van der Waals surface area (Å²) in [7, 11) is 0. The van der Waals surface area contributed by atoms with Crippen LogP contribution in [0.3, 0.4) is 0 Å². The number of amides is 3. The van der Waals surface area contributed by atoms with Crippen LogP contribution >= 0.6 is 0 Å². The molecule has 0 aromatic heterocycles. The summed E-state index contributed by atoms with van der Waals surface area (Å²) in [5.74, 6) is -1.80. The zero-order chi connectivity index (χ0) is 13.0. The van der Waals surface area contributed by atoms with E-state index in [1.807, 2.05) is 0 Å². The van der Waals surface area contributed by atoms with Crippen LogP contribution in [0.25, 0.3) is 0 Å². The Hall–Kier alpha value is -1.79. The summed E-state index contributed by atoms with van der Waals surface area (Å²) in [6, 6.07) is -1.10. The molecule has 1 atom stereocenters. The van der Waals surface area contributed by atoms with Gasteiger partial charge in [0.15, 0.2) is 0 Å². The van der Waals surface area contributed by atoms with Gasteiger partial charge < -0.3 is 21.1 Å². The van der Waals surface area contributed by atoms with E-state index in [9.17, 15) is 14.4 Å². The molecule has 1 unspecified atom stereocenters. The summed E-state index contributed by atoms with van der Waals surface area (Å²) >= 11 is 0. The third-order valence-electron chi connectivity index (χ3n) is 2.90. The van der Waals surface area contributed by atoms with Gasteiger partial charge in [-0.25, -0.2) is 4.79 Å². The van der Waals surface area contributed by atoms with E-state index in [-0.39, 0.29) is 11.9 Å². The number of likely N-dealkylation sites (tertiary alicyclic amines) is 1. The van der Waals surface area contributed by atoms with Gasteiger partial charge >= 0.3 is 12.0 Å². The van der Waals surface area contributed by atoms with Crippen LogP contribution < -0.4 is 11.1 Å². The highest BCUT2D eigenvalue weighted by molar-refractivity contribution is 5.85. The summed E-state index contributed by atoms with van der Waals surface area (Å²) in [6.45, 7) is 2.27. The van der Waals surface area contributed by atoms with Crippen molar-refractivity contribution in [2.24, 2.45) is 11.7 Å². The van der Waals surface area contributed by atoms with Gasteiger partial charge in [0.2, 0.25) is 5.91 Å². The molecule has 0 spiro atoms. The highest BCUT2D eigenvalue weighted by atomic mass is 16.4. The average Bonchev–Trinajstić information content (AvgIpc) is 2.28. The minimum absolute atomic E-state index is 0.375. The van der Waals surface area contributed by atoms with Crippen molar-refractivity contribution in [3.63, 3.8) is 0 Å². The first-order valence-corrected chi connectivity index (χ1v) is 5.49. The molecule has 0 aliphatic carbocycles. The Kier molecular flexibility index (Phi) is 4.30. The molecule has 96 valence electrons. The van der Waals surface area contributed by atoms with Crippen molar-refractivity contribution in [2.75, 3.05) is 13.1 Å². The van der Waals surface area contributed by atoms with E-state index in [1.54, 1.807) is 0 Å². The number of hydrogen-bond donors (Lipinski definition) is 3. The van der Waals surface area contributed by atoms with Crippen LogP contribution in [0.5, 0.6) is 0 Å². The van der Waals surface area contributed by atoms with Crippen molar-refractivity contribution in [2.45, 2.75) is 25.8 Å². The number of nitrogens with two attached hydrogens (primary N) is 1. The molecule has 7 heteroatoms. The van der Waals surface area contributed by atoms with E-state index in [0.717, 1.165) is 0 Å². The number of carboxylic acid groups (broad SMARTS) is 1. The maximum Gasteiger partial charge on any atom is 0.318 e. The first-order valence-electron chi connectivity index (χ1n) is 5.49. The molecule has 1 aliphatic rings. The topological polar surface area (TPSA) is 113 Å². The van der Waals surface area contributed by atoms with Gasteiger partial charge in [0.05, 0.1) is 5.92 Å². The Bertz CT molecular complexity index is 324. The minimum atomic E-state index is -0.824. The first-order chi connectivity index (χ1) is 7.91. The molecular formula is C10H17N3O4. The highest BCUT2D eigenvalue weighted by Crippen LogP contribution is 2.17. The lowest BCUT2D eigenvalue weighted by atomic mass is 9.97. The number of urea groups is 1. The van der Waals surface area contributed by atoms with Gasteiger partial charge in [0, 0.05) is 13.1 Å². The van der Waals surface area contributed by atoms with Gasteiger partial charge in [-0.15, -0.1) is 0 Å². The van der Waals surface area contributed by atoms with Gasteiger partial charge in [-0.2, -0.15) is 0 Å². The molecule has 0 bridgehead atoms. The summed E-state index contributed by atoms with van der Waals surface area (Å²) in [6.07, 6.45) is 0.876. The number of aliphatic carboxylic acids is 1. The maximum atomic E-state index is 11.6. The SMILES string of the molecule is CC(NC(=O)N1CCC(C(=O)O)CC1)C(N)=O. The van der Waals surface area contributed by atoms with Crippen LogP contribution in [0.2, 0.25) is 0 Å². The van der Waals surface area contributed by atoms with Crippen LogP contribution in [0.1, 0.15) is 19.8 Å². The molecule has 7 nitrogen and oxygen atoms in total. The number of rotatable bonds is 3. The molecule has 1 fully saturated rings. The molecule has 0 aromatic carbocycles. The predicted octanol–water partition coefficient (Wildman–Crippen LogP) is -0.634. The molecular weight excluding hydrogens is 226 g/mol. The lowest BCUT2D eigenvalue weighted by Crippen LogP contribution is -2.51. The molecule has 3 amide bonds. The number of hydrogen-bond acceptors (Lipinski definition) is 3. The van der Waals surface area contributed by atoms with E-state index in [2.05, 4.69) is 5.32 Å². The largest absolute Gasteiger partial charge is 0.481 e. The highest BCUT2D eigenvalue weighted by Gasteiger charge is 2.27. The Morgan fingerprint density at radius 2 is 1.88 bits per heavy atom. The maximum absolute atomic E-state index is 11.6. The second kappa shape index (κ2) is 5.51. The average molecular weight is 243 g/mol. The Morgan fingerprint density at radius 1 is 1.35 bits per heavy atom. The summed E-state index contributed by atoms with van der Waals surface area (Å²) in [5, 5.41) is 11.3. The van der Waals surface area contributed by atoms with Crippen molar-refractivity contribution in [1.29, 1.82) is 0 Å². The molecule has 1 rings (SSSR count). The molecule has 0 saturated carbocycles. The van der Waals surface area contributed by atoms with Crippen LogP contribution in [0.4, 0.5) is 4.79 Å². The fraction of sp³-hybridized carbons (Fsp3) is 0.700. The van der Waals surface area contributed by atoms with Crippen LogP contribution in [0.15, 0.2) is 0 Å². The zero-order valence-electron chi connectivity index (χ0n) is 9.68. The third kappa shape index (κ3) is 3.61. The monoisotopic (exact) mass is 243 g/mol. The predicted molar refractivity (Wildman–Crippen MR) is 59.1 cm³/mol. The molecule has 0 radical (unpaired) electrons. The Balaban J connectivity index is 2.41. The Labute approximate surface area is 98.9 Å². The number of piperidine rings is 1. The number of nitrogens with zero attached hydrogens (tertiary/aromatic N) is 1. The van der Waals surface area contributed by atoms with E-state index in [4.69, 9.17) is 10.8 Å². The molecule has 0 aromatic rings. The van der Waals surface area contributed by atoms with Gasteiger partial charge in [0.1, 0.15) is 6.04 Å². The van der Waals surface area contributed by atoms with Crippen molar-refractivity contribution in [3.8, 4) is 0 Å². The third-order valence-corrected chi connectivity index (χ3v) is 2.90. The van der Waals surface area contributed by atoms with Gasteiger partial charge in [-0.05, 0) is 19.8 Å². The van der Waals surface area contributed by atoms with Crippen LogP contribution in [-0.4, -0.2) is 47.0 Å². The normalized spacial score (nSPS) is 18.5. The second-order valence-corrected chi connectivity index (χ2v) is 4.17. The first kappa shape index (κ1) is 13.3. The van der Waals surface area contributed by atoms with Crippen molar-refractivity contribution >= 4 is 17.9 Å². The summed E-state index contributed by atoms with van der Waals surface area (Å²) < 4.78 is 0. The van der Waals surface area contributed by atoms with Gasteiger partial charge in [-0.1, -0.05) is 0 Å². The smallest absolute Gasteiger partial charge is 0.318 e. The summed E-state index contributed by atoms with van der Waals surface area (Å²) in [5.41, 5.74) is 5.03. The lowest BCUT2D eigenvalue weighted by Gasteiger charge is -2.30. The van der Waals surface area contributed by atoms with E-state index in [0.29, 0.717) is 25.9 Å². The van der Waals surface area contributed by atoms with Crippen molar-refractivity contribution < 1.29 is 19.5 Å². The molecule has 1 aliphatic heterocycles. The molecule has 4 N–H and O–H groups in total. The zero-order valence-corrected chi connectivity index (χ0v) is 9.68. The van der Waals surface area contributed by atoms with Crippen LogP contribution in [-0.2, 0) is 9.59 Å². The number of carbonyl (C=O) groups is 3. The molecule has 17 heavy (non-hydrogen) atoms. The van der Waals surface area contributed by atoms with Gasteiger partial charge in [-0.3, -0.25) is 9.59 Å². The molecule has 1 heterocycles. The number of carboxylic acids is 1. The number of nitrogens with one attached hydrogen (secondary N) is 1. The van der Waals surface area contributed by atoms with Gasteiger partial charge in [0.25, 0.3) is 0 Å². The van der Waals surface area contributed by atoms with E-state index >= 15 is 0 Å². The quantitative estimate of drug-likeness (QED) is 0.612. The van der Waals surface area contributed by atoms with Crippen molar-refractivity contribution in [1.82, 2.24) is 10.2 Å². The van der Waals surface area contributed by atoms with E-state index < -0.39 is 17.9 Å². The van der Waals surface area contributed by atoms with Crippen molar-refractivity contribution in [3.05, 3.63) is 0 Å². The summed E-state index contributed by atoms with van der Waals surface area (Å²) in [4.78, 5) is 34.6. The fourth-order valence-electron chi connectivity index (χ4n) is 1.68. The lowest BCUT2D eigenvalue weighted by molar-refractivity contribution is -0.143. The minimum Gasteiger partial charge on any atom is -0.481 e. The second-order valence-electron chi connectivity index (χ2n) is 4.17.